The van der Waals surface area contributed by atoms with Gasteiger partial charge in [0.2, 0.25) is 0 Å². The third-order valence-corrected chi connectivity index (χ3v) is 5.84. The van der Waals surface area contributed by atoms with Crippen LogP contribution in [0, 0.1) is 0 Å². The van der Waals surface area contributed by atoms with Gasteiger partial charge in [0.15, 0.2) is 12.3 Å². The van der Waals surface area contributed by atoms with Crippen molar-refractivity contribution in [3.05, 3.63) is 58.4 Å². The summed E-state index contributed by atoms with van der Waals surface area (Å²) in [7, 11) is 0. The van der Waals surface area contributed by atoms with Gasteiger partial charge in [0.25, 0.3) is 5.91 Å². The Morgan fingerprint density at radius 3 is 2.88 bits per heavy atom. The van der Waals surface area contributed by atoms with Crippen molar-refractivity contribution in [2.75, 3.05) is 18.1 Å². The van der Waals surface area contributed by atoms with Crippen molar-refractivity contribution in [3.8, 4) is 9.88 Å². The number of para-hydroxylation sites is 1. The predicted molar refractivity (Wildman–Crippen MR) is 98.2 cm³/mol. The second-order valence-electron chi connectivity index (χ2n) is 5.52. The molecular formula is C18H14N2O3S2. The van der Waals surface area contributed by atoms with Crippen LogP contribution in [0.2, 0.25) is 0 Å². The van der Waals surface area contributed by atoms with Crippen LogP contribution < -0.4 is 4.90 Å². The summed E-state index contributed by atoms with van der Waals surface area (Å²) in [6, 6.07) is 11.7. The maximum Gasteiger partial charge on any atom is 0.358 e. The van der Waals surface area contributed by atoms with Crippen LogP contribution in [0.15, 0.2) is 47.2 Å². The average molecular weight is 370 g/mol. The molecule has 5 nitrogen and oxygen atoms in total. The number of carbonyl (C=O) groups is 2. The van der Waals surface area contributed by atoms with Gasteiger partial charge in [-0.15, -0.1) is 22.7 Å². The molecule has 0 unspecified atom stereocenters. The van der Waals surface area contributed by atoms with E-state index in [0.29, 0.717) is 6.54 Å². The topological polar surface area (TPSA) is 59.5 Å². The number of benzene rings is 1. The molecule has 0 atom stereocenters. The first-order valence-corrected chi connectivity index (χ1v) is 9.53. The first kappa shape index (κ1) is 16.0. The standard InChI is InChI=1S/C18H14N2O3S2/c21-16(20-8-7-12-4-1-2-5-14(12)20)10-23-18(22)13-11-25-17(19-13)15-6-3-9-24-15/h1-6,9,11H,7-8,10H2. The van der Waals surface area contributed by atoms with Gasteiger partial charge in [0.1, 0.15) is 5.01 Å². The van der Waals surface area contributed by atoms with Crippen LogP contribution >= 0.6 is 22.7 Å². The van der Waals surface area contributed by atoms with E-state index in [4.69, 9.17) is 4.74 Å². The number of aromatic nitrogens is 1. The van der Waals surface area contributed by atoms with E-state index < -0.39 is 5.97 Å². The SMILES string of the molecule is O=C(OCC(=O)N1CCc2ccccc21)c1csc(-c2cccs2)n1. The molecule has 0 saturated carbocycles. The summed E-state index contributed by atoms with van der Waals surface area (Å²) in [6.07, 6.45) is 0.826. The summed E-state index contributed by atoms with van der Waals surface area (Å²) in [4.78, 5) is 31.5. The second-order valence-corrected chi connectivity index (χ2v) is 7.32. The number of thiazole rings is 1. The molecule has 0 fully saturated rings. The fourth-order valence-electron chi connectivity index (χ4n) is 2.76. The molecule has 1 aliphatic rings. The molecular weight excluding hydrogens is 356 g/mol. The minimum atomic E-state index is -0.570. The first-order chi connectivity index (χ1) is 12.2. The molecule has 0 saturated heterocycles. The number of amides is 1. The molecule has 3 heterocycles. The molecule has 0 spiro atoms. The number of fused-ring (bicyclic) bond motifs is 1. The van der Waals surface area contributed by atoms with Crippen molar-refractivity contribution in [1.82, 2.24) is 4.98 Å². The minimum absolute atomic E-state index is 0.216. The molecule has 3 aromatic rings. The van der Waals surface area contributed by atoms with Gasteiger partial charge in [-0.25, -0.2) is 9.78 Å². The fourth-order valence-corrected chi connectivity index (χ4v) is 4.36. The normalized spacial score (nSPS) is 12.9. The lowest BCUT2D eigenvalue weighted by Gasteiger charge is -2.16. The number of carbonyl (C=O) groups excluding carboxylic acids is 2. The van der Waals surface area contributed by atoms with Crippen LogP contribution in [-0.2, 0) is 16.0 Å². The molecule has 7 heteroatoms. The van der Waals surface area contributed by atoms with Gasteiger partial charge in [0, 0.05) is 17.6 Å². The van der Waals surface area contributed by atoms with Gasteiger partial charge in [-0.05, 0) is 29.5 Å². The zero-order valence-corrected chi connectivity index (χ0v) is 14.8. The van der Waals surface area contributed by atoms with Gasteiger partial charge >= 0.3 is 5.97 Å². The summed E-state index contributed by atoms with van der Waals surface area (Å²) >= 11 is 2.95. The number of rotatable bonds is 4. The molecule has 4 rings (SSSR count). The van der Waals surface area contributed by atoms with E-state index in [9.17, 15) is 9.59 Å². The maximum absolute atomic E-state index is 12.4. The third-order valence-electron chi connectivity index (χ3n) is 3.96. The number of nitrogens with zero attached hydrogens (tertiary/aromatic N) is 2. The van der Waals surface area contributed by atoms with Crippen LogP contribution in [0.1, 0.15) is 16.1 Å². The highest BCUT2D eigenvalue weighted by Crippen LogP contribution is 2.29. The Hall–Kier alpha value is -2.51. The van der Waals surface area contributed by atoms with Gasteiger partial charge in [-0.1, -0.05) is 24.3 Å². The number of hydrogen-bond donors (Lipinski definition) is 0. The molecule has 1 amide bonds. The molecule has 0 aliphatic carbocycles. The van der Waals surface area contributed by atoms with Gasteiger partial charge in [-0.2, -0.15) is 0 Å². The van der Waals surface area contributed by atoms with Crippen LogP contribution in [0.4, 0.5) is 5.69 Å². The Labute approximate surface area is 152 Å². The minimum Gasteiger partial charge on any atom is -0.451 e. The lowest BCUT2D eigenvalue weighted by Crippen LogP contribution is -2.33. The smallest absolute Gasteiger partial charge is 0.358 e. The van der Waals surface area contributed by atoms with E-state index in [2.05, 4.69) is 4.98 Å². The Balaban J connectivity index is 1.39. The van der Waals surface area contributed by atoms with Crippen LogP contribution in [0.25, 0.3) is 9.88 Å². The molecule has 25 heavy (non-hydrogen) atoms. The van der Waals surface area contributed by atoms with Crippen molar-refractivity contribution in [2.45, 2.75) is 6.42 Å². The van der Waals surface area contributed by atoms with Crippen molar-refractivity contribution < 1.29 is 14.3 Å². The lowest BCUT2D eigenvalue weighted by atomic mass is 10.2. The molecule has 126 valence electrons. The molecule has 0 bridgehead atoms. The maximum atomic E-state index is 12.4. The highest BCUT2D eigenvalue weighted by Gasteiger charge is 2.25. The molecule has 1 aliphatic heterocycles. The Kier molecular flexibility index (Phi) is 4.33. The molecule has 2 aromatic heterocycles. The van der Waals surface area contributed by atoms with Crippen molar-refractivity contribution >= 4 is 40.2 Å². The highest BCUT2D eigenvalue weighted by atomic mass is 32.1. The zero-order valence-electron chi connectivity index (χ0n) is 13.2. The average Bonchev–Trinajstić information content (AvgIpc) is 3.38. The lowest BCUT2D eigenvalue weighted by molar-refractivity contribution is -0.121. The quantitative estimate of drug-likeness (QED) is 0.658. The van der Waals surface area contributed by atoms with Crippen molar-refractivity contribution in [1.29, 1.82) is 0 Å². The van der Waals surface area contributed by atoms with Gasteiger partial charge in [-0.3, -0.25) is 4.79 Å². The van der Waals surface area contributed by atoms with E-state index in [1.54, 1.807) is 21.6 Å². The zero-order chi connectivity index (χ0) is 17.2. The van der Waals surface area contributed by atoms with E-state index in [0.717, 1.165) is 27.6 Å². The van der Waals surface area contributed by atoms with E-state index in [1.807, 2.05) is 41.8 Å². The number of anilines is 1. The van der Waals surface area contributed by atoms with Gasteiger partial charge in [0.05, 0.1) is 4.88 Å². The van der Waals surface area contributed by atoms with E-state index in [-0.39, 0.29) is 18.2 Å². The highest BCUT2D eigenvalue weighted by molar-refractivity contribution is 7.20. The van der Waals surface area contributed by atoms with Crippen LogP contribution in [0.3, 0.4) is 0 Å². The van der Waals surface area contributed by atoms with Gasteiger partial charge < -0.3 is 9.64 Å². The number of thiophene rings is 1. The number of esters is 1. The van der Waals surface area contributed by atoms with Crippen molar-refractivity contribution in [3.63, 3.8) is 0 Å². The summed E-state index contributed by atoms with van der Waals surface area (Å²) in [6.45, 7) is 0.341. The molecule has 0 radical (unpaired) electrons. The first-order valence-electron chi connectivity index (χ1n) is 7.77. The van der Waals surface area contributed by atoms with E-state index >= 15 is 0 Å². The van der Waals surface area contributed by atoms with E-state index in [1.165, 1.54) is 11.3 Å². The number of ether oxygens (including phenoxy) is 1. The summed E-state index contributed by atoms with van der Waals surface area (Å²) in [5.74, 6) is -0.785. The predicted octanol–water partition coefficient (Wildman–Crippen LogP) is 3.62. The molecule has 0 N–H and O–H groups in total. The summed E-state index contributed by atoms with van der Waals surface area (Å²) in [5.41, 5.74) is 2.28. The van der Waals surface area contributed by atoms with Crippen LogP contribution in [0.5, 0.6) is 0 Å². The monoisotopic (exact) mass is 370 g/mol. The Bertz CT molecular complexity index is 918. The fraction of sp³-hybridized carbons (Fsp3) is 0.167. The second kappa shape index (κ2) is 6.78. The molecule has 1 aromatic carbocycles. The largest absolute Gasteiger partial charge is 0.451 e. The third kappa shape index (κ3) is 3.20. The Morgan fingerprint density at radius 2 is 2.04 bits per heavy atom. The number of hydrogen-bond acceptors (Lipinski definition) is 6. The van der Waals surface area contributed by atoms with Crippen molar-refractivity contribution in [2.24, 2.45) is 0 Å². The van der Waals surface area contributed by atoms with Crippen LogP contribution in [-0.4, -0.2) is 30.0 Å². The Morgan fingerprint density at radius 1 is 1.16 bits per heavy atom. The summed E-state index contributed by atoms with van der Waals surface area (Å²) in [5, 5.41) is 4.40. The summed E-state index contributed by atoms with van der Waals surface area (Å²) < 4.78 is 5.17.